The van der Waals surface area contributed by atoms with Crippen LogP contribution in [0.25, 0.3) is 10.9 Å². The number of rotatable bonds is 6. The Bertz CT molecular complexity index is 684. The summed E-state index contributed by atoms with van der Waals surface area (Å²) >= 11 is 0. The summed E-state index contributed by atoms with van der Waals surface area (Å²) in [5.41, 5.74) is 2.16. The molecule has 0 radical (unpaired) electrons. The van der Waals surface area contributed by atoms with Gasteiger partial charge < -0.3 is 14.3 Å². The van der Waals surface area contributed by atoms with Crippen LogP contribution in [0.15, 0.2) is 30.5 Å². The third kappa shape index (κ3) is 3.94. The number of para-hydroxylation sites is 1. The van der Waals surface area contributed by atoms with E-state index in [2.05, 4.69) is 54.6 Å². The molecule has 126 valence electrons. The van der Waals surface area contributed by atoms with Gasteiger partial charge in [-0.3, -0.25) is 4.79 Å². The van der Waals surface area contributed by atoms with Gasteiger partial charge in [0.15, 0.2) is 0 Å². The Morgan fingerprint density at radius 2 is 1.70 bits per heavy atom. The minimum atomic E-state index is -1.74. The first-order chi connectivity index (χ1) is 10.5. The maximum atomic E-state index is 12.1. The number of nitrogens with zero attached hydrogens (tertiary/aromatic N) is 1. The third-order valence-corrected chi connectivity index (χ3v) is 11.7. The Morgan fingerprint density at radius 3 is 2.22 bits per heavy atom. The monoisotopic (exact) mass is 348 g/mol. The SMILES string of the molecule is C[Si](C)(C)N(C(Cc1c[nH]c2ccccc12)C(=O)O)[Si](C)(C)C. The van der Waals surface area contributed by atoms with Gasteiger partial charge >= 0.3 is 5.97 Å². The first kappa shape index (κ1) is 18.0. The summed E-state index contributed by atoms with van der Waals surface area (Å²) in [5.74, 6) is -0.708. The summed E-state index contributed by atoms with van der Waals surface area (Å²) in [6.45, 7) is 13.5. The molecule has 1 atom stereocenters. The number of aromatic nitrogens is 1. The maximum absolute atomic E-state index is 12.1. The Hall–Kier alpha value is -1.38. The summed E-state index contributed by atoms with van der Waals surface area (Å²) in [4.78, 5) is 15.3. The molecule has 0 saturated carbocycles. The van der Waals surface area contributed by atoms with Crippen LogP contribution in [0.1, 0.15) is 5.56 Å². The van der Waals surface area contributed by atoms with Crippen molar-refractivity contribution in [1.82, 2.24) is 9.22 Å². The first-order valence-corrected chi connectivity index (χ1v) is 15.0. The number of carboxylic acids is 1. The van der Waals surface area contributed by atoms with Crippen LogP contribution >= 0.6 is 0 Å². The predicted molar refractivity (Wildman–Crippen MR) is 102 cm³/mol. The molecule has 0 bridgehead atoms. The zero-order valence-electron chi connectivity index (χ0n) is 15.0. The quantitative estimate of drug-likeness (QED) is 0.772. The van der Waals surface area contributed by atoms with E-state index in [1.54, 1.807) is 0 Å². The van der Waals surface area contributed by atoms with Crippen molar-refractivity contribution in [2.24, 2.45) is 0 Å². The Labute approximate surface area is 140 Å². The smallest absolute Gasteiger partial charge is 0.319 e. The van der Waals surface area contributed by atoms with E-state index in [0.717, 1.165) is 16.5 Å². The van der Waals surface area contributed by atoms with Crippen LogP contribution in [0.5, 0.6) is 0 Å². The molecule has 1 heterocycles. The highest BCUT2D eigenvalue weighted by molar-refractivity contribution is 6.89. The van der Waals surface area contributed by atoms with Gasteiger partial charge in [0.2, 0.25) is 0 Å². The number of fused-ring (bicyclic) bond motifs is 1. The van der Waals surface area contributed by atoms with Crippen molar-refractivity contribution in [2.45, 2.75) is 51.7 Å². The van der Waals surface area contributed by atoms with Crippen LogP contribution in [0.3, 0.4) is 0 Å². The van der Waals surface area contributed by atoms with Gasteiger partial charge in [0.25, 0.3) is 0 Å². The minimum absolute atomic E-state index is 0.451. The summed E-state index contributed by atoms with van der Waals surface area (Å²) < 4.78 is 2.38. The Balaban J connectivity index is 2.44. The number of benzene rings is 1. The molecule has 0 fully saturated rings. The Kier molecular flexibility index (Phi) is 4.89. The number of H-pyrrole nitrogens is 1. The van der Waals surface area contributed by atoms with Gasteiger partial charge in [-0.2, -0.15) is 0 Å². The molecule has 6 heteroatoms. The normalized spacial score (nSPS) is 14.4. The van der Waals surface area contributed by atoms with Crippen molar-refractivity contribution in [1.29, 1.82) is 0 Å². The first-order valence-electron chi connectivity index (χ1n) is 8.09. The zero-order valence-corrected chi connectivity index (χ0v) is 17.0. The molecule has 0 aliphatic heterocycles. The average Bonchev–Trinajstić information content (AvgIpc) is 2.78. The molecule has 2 N–H and O–H groups in total. The lowest BCUT2D eigenvalue weighted by atomic mass is 10.1. The van der Waals surface area contributed by atoms with Crippen LogP contribution in [-0.4, -0.2) is 42.8 Å². The van der Waals surface area contributed by atoms with Crippen molar-refractivity contribution in [3.63, 3.8) is 0 Å². The van der Waals surface area contributed by atoms with E-state index in [-0.39, 0.29) is 0 Å². The van der Waals surface area contributed by atoms with Crippen molar-refractivity contribution in [2.75, 3.05) is 0 Å². The highest BCUT2D eigenvalue weighted by Crippen LogP contribution is 2.27. The van der Waals surface area contributed by atoms with E-state index in [1.165, 1.54) is 0 Å². The van der Waals surface area contributed by atoms with Crippen molar-refractivity contribution >= 4 is 33.3 Å². The van der Waals surface area contributed by atoms with Gasteiger partial charge in [-0.25, -0.2) is 0 Å². The molecule has 0 aliphatic carbocycles. The fourth-order valence-electron chi connectivity index (χ4n) is 3.74. The highest BCUT2D eigenvalue weighted by Gasteiger charge is 2.42. The van der Waals surface area contributed by atoms with Gasteiger partial charge in [-0.05, 0) is 18.1 Å². The number of aromatic amines is 1. The molecule has 0 aliphatic rings. The summed E-state index contributed by atoms with van der Waals surface area (Å²) in [6, 6.07) is 7.64. The van der Waals surface area contributed by atoms with Crippen LogP contribution < -0.4 is 0 Å². The molecule has 23 heavy (non-hydrogen) atoms. The van der Waals surface area contributed by atoms with E-state index in [0.29, 0.717) is 6.42 Å². The van der Waals surface area contributed by atoms with E-state index in [1.807, 2.05) is 24.4 Å². The molecule has 1 unspecified atom stereocenters. The van der Waals surface area contributed by atoms with E-state index in [4.69, 9.17) is 0 Å². The van der Waals surface area contributed by atoms with Crippen LogP contribution in [0.2, 0.25) is 39.3 Å². The van der Waals surface area contributed by atoms with Gasteiger partial charge in [0.1, 0.15) is 22.5 Å². The Morgan fingerprint density at radius 1 is 1.13 bits per heavy atom. The van der Waals surface area contributed by atoms with Crippen LogP contribution in [-0.2, 0) is 11.2 Å². The molecule has 0 spiro atoms. The second kappa shape index (κ2) is 6.26. The van der Waals surface area contributed by atoms with Gasteiger partial charge in [-0.1, -0.05) is 57.5 Å². The number of hydrogen-bond acceptors (Lipinski definition) is 2. The topological polar surface area (TPSA) is 56.3 Å². The molecular formula is C17H28N2O2Si2. The molecule has 0 amide bonds. The largest absolute Gasteiger partial charge is 0.480 e. The molecule has 2 aromatic rings. The fourth-order valence-corrected chi connectivity index (χ4v) is 14.1. The second-order valence-electron chi connectivity index (χ2n) is 8.13. The fraction of sp³-hybridized carbons (Fsp3) is 0.471. The van der Waals surface area contributed by atoms with Crippen LogP contribution in [0.4, 0.5) is 0 Å². The van der Waals surface area contributed by atoms with Gasteiger partial charge in [0, 0.05) is 17.1 Å². The van der Waals surface area contributed by atoms with Gasteiger partial charge in [-0.15, -0.1) is 0 Å². The average molecular weight is 349 g/mol. The molecule has 1 aromatic heterocycles. The molecule has 2 rings (SSSR count). The number of carbonyl (C=O) groups is 1. The summed E-state index contributed by atoms with van der Waals surface area (Å²) in [6.07, 6.45) is 2.51. The number of hydrogen-bond donors (Lipinski definition) is 2. The van der Waals surface area contributed by atoms with Crippen molar-refractivity contribution in [3.8, 4) is 0 Å². The highest BCUT2D eigenvalue weighted by atomic mass is 28.4. The number of carboxylic acid groups (broad SMARTS) is 1. The molecule has 1 aromatic carbocycles. The lowest BCUT2D eigenvalue weighted by molar-refractivity contribution is -0.140. The number of aliphatic carboxylic acids is 1. The third-order valence-electron chi connectivity index (χ3n) is 4.13. The lowest BCUT2D eigenvalue weighted by Crippen LogP contribution is -2.65. The van der Waals surface area contributed by atoms with E-state index in [9.17, 15) is 9.90 Å². The summed E-state index contributed by atoms with van der Waals surface area (Å²) in [7, 11) is -3.49. The molecule has 4 nitrogen and oxygen atoms in total. The second-order valence-corrected chi connectivity index (χ2v) is 18.2. The summed E-state index contributed by atoms with van der Waals surface area (Å²) in [5, 5.41) is 11.1. The number of nitrogens with one attached hydrogen (secondary N) is 1. The van der Waals surface area contributed by atoms with Gasteiger partial charge in [0.05, 0.1) is 0 Å². The predicted octanol–water partition coefficient (Wildman–Crippen LogP) is 4.14. The van der Waals surface area contributed by atoms with E-state index >= 15 is 0 Å². The molecule has 0 saturated heterocycles. The minimum Gasteiger partial charge on any atom is -0.480 e. The zero-order chi connectivity index (χ0) is 17.4. The van der Waals surface area contributed by atoms with Crippen molar-refractivity contribution < 1.29 is 9.90 Å². The van der Waals surface area contributed by atoms with E-state index < -0.39 is 28.5 Å². The lowest BCUT2D eigenvalue weighted by Gasteiger charge is -2.47. The standard InChI is InChI=1S/C17H28N2O2Si2/c1-22(2,3)19(23(4,5)6)16(17(20)21)11-13-12-18-15-10-8-7-9-14(13)15/h7-10,12,16,18H,11H2,1-6H3,(H,20,21). The maximum Gasteiger partial charge on any atom is 0.319 e. The van der Waals surface area contributed by atoms with Crippen molar-refractivity contribution in [3.05, 3.63) is 36.0 Å². The van der Waals surface area contributed by atoms with Crippen LogP contribution in [0, 0.1) is 0 Å². The molecular weight excluding hydrogens is 320 g/mol.